The fourth-order valence-corrected chi connectivity index (χ4v) is 1.28. The molecule has 82 valence electrons. The average molecular weight is 215 g/mol. The van der Waals surface area contributed by atoms with Gasteiger partial charge in [0.15, 0.2) is 11.6 Å². The zero-order valence-corrected chi connectivity index (χ0v) is 8.14. The summed E-state index contributed by atoms with van der Waals surface area (Å²) in [5.41, 5.74) is 5.62. The van der Waals surface area contributed by atoms with E-state index in [4.69, 9.17) is 5.73 Å². The average Bonchev–Trinajstić information content (AvgIpc) is 2.20. The van der Waals surface area contributed by atoms with Gasteiger partial charge in [-0.3, -0.25) is 0 Å². The first-order chi connectivity index (χ1) is 7.06. The molecule has 0 radical (unpaired) electrons. The highest BCUT2D eigenvalue weighted by Gasteiger charge is 2.14. The van der Waals surface area contributed by atoms with E-state index in [2.05, 4.69) is 6.58 Å². The van der Waals surface area contributed by atoms with Crippen LogP contribution in [-0.2, 0) is 0 Å². The molecular formula is C11H12F3N. The Labute approximate surface area is 86.4 Å². The third-order valence-corrected chi connectivity index (χ3v) is 2.12. The normalized spacial score (nSPS) is 12.5. The molecule has 0 aliphatic rings. The topological polar surface area (TPSA) is 26.0 Å². The Hall–Kier alpha value is -1.29. The molecule has 1 atom stereocenters. The van der Waals surface area contributed by atoms with Gasteiger partial charge in [0.05, 0.1) is 0 Å². The van der Waals surface area contributed by atoms with Crippen LogP contribution in [-0.4, -0.2) is 0 Å². The summed E-state index contributed by atoms with van der Waals surface area (Å²) in [4.78, 5) is 0. The zero-order chi connectivity index (χ0) is 11.4. The first-order valence-electron chi connectivity index (χ1n) is 4.57. The standard InChI is InChI=1S/C11H12F3N/c1-2-3-4-11(15)7-5-9(13)10(14)6-8(7)12/h2,5-6,11H,1,3-4,15H2/t11-/m0/s1. The lowest BCUT2D eigenvalue weighted by atomic mass is 10.0. The van der Waals surface area contributed by atoms with Crippen LogP contribution < -0.4 is 5.73 Å². The Morgan fingerprint density at radius 2 is 1.80 bits per heavy atom. The maximum absolute atomic E-state index is 13.2. The molecule has 0 heterocycles. The molecule has 0 aromatic heterocycles. The van der Waals surface area contributed by atoms with Crippen molar-refractivity contribution < 1.29 is 13.2 Å². The van der Waals surface area contributed by atoms with E-state index < -0.39 is 23.5 Å². The smallest absolute Gasteiger partial charge is 0.161 e. The maximum atomic E-state index is 13.2. The second-order valence-corrected chi connectivity index (χ2v) is 3.26. The minimum atomic E-state index is -1.20. The third-order valence-electron chi connectivity index (χ3n) is 2.12. The van der Waals surface area contributed by atoms with Crippen LogP contribution in [0.25, 0.3) is 0 Å². The molecule has 0 spiro atoms. The van der Waals surface area contributed by atoms with Gasteiger partial charge in [-0.25, -0.2) is 13.2 Å². The Kier molecular flexibility index (Phi) is 3.91. The largest absolute Gasteiger partial charge is 0.324 e. The van der Waals surface area contributed by atoms with Crippen LogP contribution in [0.3, 0.4) is 0 Å². The lowest BCUT2D eigenvalue weighted by Gasteiger charge is -2.12. The van der Waals surface area contributed by atoms with Gasteiger partial charge in [0.2, 0.25) is 0 Å². The molecule has 0 unspecified atom stereocenters. The molecular weight excluding hydrogens is 203 g/mol. The van der Waals surface area contributed by atoms with Crippen LogP contribution in [0.1, 0.15) is 24.4 Å². The Morgan fingerprint density at radius 1 is 1.20 bits per heavy atom. The van der Waals surface area contributed by atoms with E-state index >= 15 is 0 Å². The van der Waals surface area contributed by atoms with Gasteiger partial charge in [-0.2, -0.15) is 0 Å². The number of allylic oxidation sites excluding steroid dienone is 1. The number of rotatable bonds is 4. The van der Waals surface area contributed by atoms with Crippen molar-refractivity contribution in [2.24, 2.45) is 5.73 Å². The lowest BCUT2D eigenvalue weighted by Crippen LogP contribution is -2.12. The van der Waals surface area contributed by atoms with Crippen molar-refractivity contribution in [1.82, 2.24) is 0 Å². The molecule has 0 aliphatic carbocycles. The molecule has 0 amide bonds. The number of hydrogen-bond donors (Lipinski definition) is 1. The highest BCUT2D eigenvalue weighted by Crippen LogP contribution is 2.22. The first kappa shape index (κ1) is 11.8. The van der Waals surface area contributed by atoms with Crippen molar-refractivity contribution in [2.75, 3.05) is 0 Å². The quantitative estimate of drug-likeness (QED) is 0.606. The summed E-state index contributed by atoms with van der Waals surface area (Å²) in [5, 5.41) is 0. The number of benzene rings is 1. The summed E-state index contributed by atoms with van der Waals surface area (Å²) in [6.07, 6.45) is 2.68. The highest BCUT2D eigenvalue weighted by atomic mass is 19.2. The van der Waals surface area contributed by atoms with Crippen LogP contribution >= 0.6 is 0 Å². The lowest BCUT2D eigenvalue weighted by molar-refractivity contribution is 0.481. The monoisotopic (exact) mass is 215 g/mol. The minimum absolute atomic E-state index is 0.00394. The van der Waals surface area contributed by atoms with E-state index in [1.165, 1.54) is 0 Å². The fourth-order valence-electron chi connectivity index (χ4n) is 1.28. The van der Waals surface area contributed by atoms with E-state index in [0.29, 0.717) is 18.9 Å². The van der Waals surface area contributed by atoms with Gasteiger partial charge >= 0.3 is 0 Å². The van der Waals surface area contributed by atoms with Gasteiger partial charge in [-0.15, -0.1) is 6.58 Å². The molecule has 1 rings (SSSR count). The summed E-state index contributed by atoms with van der Waals surface area (Å²) >= 11 is 0. The van der Waals surface area contributed by atoms with E-state index in [1.54, 1.807) is 6.08 Å². The van der Waals surface area contributed by atoms with E-state index in [9.17, 15) is 13.2 Å². The Bertz CT molecular complexity index is 363. The van der Waals surface area contributed by atoms with Gasteiger partial charge in [0, 0.05) is 17.7 Å². The van der Waals surface area contributed by atoms with Crippen LogP contribution in [0, 0.1) is 17.5 Å². The van der Waals surface area contributed by atoms with Crippen LogP contribution in [0.2, 0.25) is 0 Å². The minimum Gasteiger partial charge on any atom is -0.324 e. The summed E-state index contributed by atoms with van der Waals surface area (Å²) in [7, 11) is 0. The van der Waals surface area contributed by atoms with E-state index in [0.717, 1.165) is 6.07 Å². The molecule has 15 heavy (non-hydrogen) atoms. The predicted octanol–water partition coefficient (Wildman–Crippen LogP) is 3.07. The van der Waals surface area contributed by atoms with Crippen molar-refractivity contribution >= 4 is 0 Å². The van der Waals surface area contributed by atoms with Crippen LogP contribution in [0.15, 0.2) is 24.8 Å². The molecule has 0 aliphatic heterocycles. The van der Waals surface area contributed by atoms with Crippen molar-refractivity contribution in [1.29, 1.82) is 0 Å². The zero-order valence-electron chi connectivity index (χ0n) is 8.14. The maximum Gasteiger partial charge on any atom is 0.161 e. The van der Waals surface area contributed by atoms with Crippen molar-refractivity contribution in [3.8, 4) is 0 Å². The second kappa shape index (κ2) is 4.98. The highest BCUT2D eigenvalue weighted by molar-refractivity contribution is 5.23. The van der Waals surface area contributed by atoms with Crippen LogP contribution in [0.4, 0.5) is 13.2 Å². The molecule has 0 fully saturated rings. The van der Waals surface area contributed by atoms with Gasteiger partial charge in [-0.1, -0.05) is 6.08 Å². The molecule has 2 N–H and O–H groups in total. The van der Waals surface area contributed by atoms with Crippen molar-refractivity contribution in [2.45, 2.75) is 18.9 Å². The SMILES string of the molecule is C=CCC[C@H](N)c1cc(F)c(F)cc1F. The van der Waals surface area contributed by atoms with E-state index in [-0.39, 0.29) is 5.56 Å². The van der Waals surface area contributed by atoms with Gasteiger partial charge in [0.1, 0.15) is 5.82 Å². The number of halogens is 3. The predicted molar refractivity (Wildman–Crippen MR) is 52.7 cm³/mol. The number of hydrogen-bond acceptors (Lipinski definition) is 1. The molecule has 1 nitrogen and oxygen atoms in total. The number of nitrogens with two attached hydrogens (primary N) is 1. The van der Waals surface area contributed by atoms with Gasteiger partial charge in [0.25, 0.3) is 0 Å². The molecule has 1 aromatic carbocycles. The molecule has 0 bridgehead atoms. The first-order valence-corrected chi connectivity index (χ1v) is 4.57. The summed E-state index contributed by atoms with van der Waals surface area (Å²) < 4.78 is 38.6. The molecule has 1 aromatic rings. The summed E-state index contributed by atoms with van der Waals surface area (Å²) in [6, 6.07) is 0.676. The van der Waals surface area contributed by atoms with E-state index in [1.807, 2.05) is 0 Å². The fraction of sp³-hybridized carbons (Fsp3) is 0.273. The summed E-state index contributed by atoms with van der Waals surface area (Å²) in [6.45, 7) is 3.50. The Morgan fingerprint density at radius 3 is 2.40 bits per heavy atom. The summed E-state index contributed by atoms with van der Waals surface area (Å²) in [5.74, 6) is -3.10. The molecule has 0 saturated carbocycles. The van der Waals surface area contributed by atoms with Crippen molar-refractivity contribution in [3.05, 3.63) is 47.8 Å². The third kappa shape index (κ3) is 2.83. The van der Waals surface area contributed by atoms with Gasteiger partial charge in [-0.05, 0) is 18.9 Å². The second-order valence-electron chi connectivity index (χ2n) is 3.26. The van der Waals surface area contributed by atoms with Gasteiger partial charge < -0.3 is 5.73 Å². The molecule has 0 saturated heterocycles. The van der Waals surface area contributed by atoms with Crippen LogP contribution in [0.5, 0.6) is 0 Å². The van der Waals surface area contributed by atoms with Crippen molar-refractivity contribution in [3.63, 3.8) is 0 Å². The molecule has 4 heteroatoms. The Balaban J connectivity index is 2.93.